The normalized spacial score (nSPS) is 10.8. The van der Waals surface area contributed by atoms with Gasteiger partial charge in [0.1, 0.15) is 5.69 Å². The van der Waals surface area contributed by atoms with Gasteiger partial charge >= 0.3 is 0 Å². The Bertz CT molecular complexity index is 748. The molecule has 0 atom stereocenters. The molecule has 0 bridgehead atoms. The van der Waals surface area contributed by atoms with Crippen LogP contribution in [0.3, 0.4) is 0 Å². The maximum Gasteiger partial charge on any atom is 0.171 e. The second-order valence-corrected chi connectivity index (χ2v) is 4.40. The Morgan fingerprint density at radius 2 is 2.16 bits per heavy atom. The van der Waals surface area contributed by atoms with E-state index < -0.39 is 0 Å². The number of para-hydroxylation sites is 1. The number of benzene rings is 1. The fraction of sp³-hybridized carbons (Fsp3) is 0.143. The quantitative estimate of drug-likeness (QED) is 0.669. The smallest absolute Gasteiger partial charge is 0.171 e. The summed E-state index contributed by atoms with van der Waals surface area (Å²) in [7, 11) is 0. The van der Waals surface area contributed by atoms with Crippen molar-refractivity contribution in [2.75, 3.05) is 0 Å². The highest BCUT2D eigenvalue weighted by Crippen LogP contribution is 2.18. The predicted molar refractivity (Wildman–Crippen MR) is 71.0 cm³/mol. The van der Waals surface area contributed by atoms with E-state index in [9.17, 15) is 4.79 Å². The number of nitrogens with zero attached hydrogens (tertiary/aromatic N) is 4. The van der Waals surface area contributed by atoms with Crippen LogP contribution >= 0.6 is 0 Å². The molecular formula is C14H12N4O. The predicted octanol–water partition coefficient (Wildman–Crippen LogP) is 2.00. The first-order valence-electron chi connectivity index (χ1n) is 5.97. The number of fused-ring (bicyclic) bond motifs is 1. The molecule has 0 fully saturated rings. The Hall–Kier alpha value is -2.56. The molecule has 0 aliphatic heterocycles. The summed E-state index contributed by atoms with van der Waals surface area (Å²) in [6.07, 6.45) is 2.33. The minimum absolute atomic E-state index is 0.343. The van der Waals surface area contributed by atoms with E-state index in [-0.39, 0.29) is 0 Å². The van der Waals surface area contributed by atoms with Gasteiger partial charge in [-0.05, 0) is 24.6 Å². The maximum atomic E-state index is 10.6. The molecule has 0 unspecified atom stereocenters. The number of carbonyl (C=O) groups is 1. The Labute approximate surface area is 109 Å². The molecule has 0 N–H and O–H groups in total. The Kier molecular flexibility index (Phi) is 2.79. The van der Waals surface area contributed by atoms with Gasteiger partial charge in [0, 0.05) is 11.1 Å². The van der Waals surface area contributed by atoms with Crippen molar-refractivity contribution in [3.63, 3.8) is 0 Å². The van der Waals surface area contributed by atoms with E-state index in [1.807, 2.05) is 37.3 Å². The first-order chi connectivity index (χ1) is 9.26. The summed E-state index contributed by atoms with van der Waals surface area (Å²) in [5.41, 5.74) is 3.39. The monoisotopic (exact) mass is 252 g/mol. The SMILES string of the molecule is Cc1cc(Cn2cc(C=O)nn2)c2ccccc2n1. The zero-order valence-corrected chi connectivity index (χ0v) is 10.4. The fourth-order valence-corrected chi connectivity index (χ4v) is 2.14. The number of rotatable bonds is 3. The Morgan fingerprint density at radius 3 is 2.95 bits per heavy atom. The number of hydrogen-bond donors (Lipinski definition) is 0. The van der Waals surface area contributed by atoms with Crippen LogP contribution in [0.1, 0.15) is 21.7 Å². The third kappa shape index (κ3) is 2.22. The molecule has 1 aromatic carbocycles. The van der Waals surface area contributed by atoms with Gasteiger partial charge in [-0.2, -0.15) is 0 Å². The summed E-state index contributed by atoms with van der Waals surface area (Å²) in [4.78, 5) is 15.1. The van der Waals surface area contributed by atoms with Crippen LogP contribution in [0, 0.1) is 6.92 Å². The van der Waals surface area contributed by atoms with E-state index in [4.69, 9.17) is 0 Å². The lowest BCUT2D eigenvalue weighted by Crippen LogP contribution is -2.02. The van der Waals surface area contributed by atoms with Gasteiger partial charge < -0.3 is 0 Å². The number of hydrogen-bond acceptors (Lipinski definition) is 4. The van der Waals surface area contributed by atoms with Gasteiger partial charge in [-0.3, -0.25) is 9.78 Å². The minimum Gasteiger partial charge on any atom is -0.296 e. The number of pyridine rings is 1. The molecule has 0 saturated carbocycles. The number of aldehydes is 1. The summed E-state index contributed by atoms with van der Waals surface area (Å²) in [6, 6.07) is 10.0. The number of carbonyl (C=O) groups excluding carboxylic acids is 1. The summed E-state index contributed by atoms with van der Waals surface area (Å²) >= 11 is 0. The van der Waals surface area contributed by atoms with Crippen molar-refractivity contribution in [3.8, 4) is 0 Å². The highest BCUT2D eigenvalue weighted by molar-refractivity contribution is 5.82. The molecule has 0 aliphatic carbocycles. The van der Waals surface area contributed by atoms with Crippen LogP contribution in [-0.4, -0.2) is 26.3 Å². The highest BCUT2D eigenvalue weighted by atomic mass is 16.1. The van der Waals surface area contributed by atoms with Crippen LogP contribution in [0.4, 0.5) is 0 Å². The molecule has 2 heterocycles. The van der Waals surface area contributed by atoms with Crippen LogP contribution in [-0.2, 0) is 6.54 Å². The van der Waals surface area contributed by atoms with Crippen molar-refractivity contribution in [1.82, 2.24) is 20.0 Å². The summed E-state index contributed by atoms with van der Waals surface area (Å²) < 4.78 is 1.66. The Morgan fingerprint density at radius 1 is 1.32 bits per heavy atom. The van der Waals surface area contributed by atoms with Crippen molar-refractivity contribution in [2.45, 2.75) is 13.5 Å². The van der Waals surface area contributed by atoms with Crippen LogP contribution < -0.4 is 0 Å². The van der Waals surface area contributed by atoms with Gasteiger partial charge in [0.05, 0.1) is 18.3 Å². The lowest BCUT2D eigenvalue weighted by atomic mass is 10.1. The van der Waals surface area contributed by atoms with Crippen LogP contribution in [0.2, 0.25) is 0 Å². The standard InChI is InChI=1S/C14H12N4O/c1-10-6-11(7-18-8-12(9-19)16-17-18)13-4-2-3-5-14(13)15-10/h2-6,8-9H,7H2,1H3. The Balaban J connectivity index is 2.06. The van der Waals surface area contributed by atoms with Crippen molar-refractivity contribution >= 4 is 17.2 Å². The topological polar surface area (TPSA) is 60.7 Å². The lowest BCUT2D eigenvalue weighted by Gasteiger charge is -2.07. The van der Waals surface area contributed by atoms with Gasteiger partial charge in [-0.1, -0.05) is 23.4 Å². The lowest BCUT2D eigenvalue weighted by molar-refractivity contribution is 0.111. The van der Waals surface area contributed by atoms with Crippen molar-refractivity contribution in [3.05, 3.63) is 53.5 Å². The maximum absolute atomic E-state index is 10.6. The molecule has 0 amide bonds. The van der Waals surface area contributed by atoms with Gasteiger partial charge in [-0.25, -0.2) is 4.68 Å². The third-order valence-corrected chi connectivity index (χ3v) is 2.94. The van der Waals surface area contributed by atoms with Crippen molar-refractivity contribution in [2.24, 2.45) is 0 Å². The molecule has 0 saturated heterocycles. The highest BCUT2D eigenvalue weighted by Gasteiger charge is 2.06. The average molecular weight is 252 g/mol. The molecule has 0 aliphatic rings. The molecular weight excluding hydrogens is 240 g/mol. The third-order valence-electron chi connectivity index (χ3n) is 2.94. The van der Waals surface area contributed by atoms with Gasteiger partial charge in [0.25, 0.3) is 0 Å². The zero-order valence-electron chi connectivity index (χ0n) is 10.4. The van der Waals surface area contributed by atoms with Crippen molar-refractivity contribution in [1.29, 1.82) is 0 Å². The summed E-state index contributed by atoms with van der Waals surface area (Å²) in [6.45, 7) is 2.54. The molecule has 5 nitrogen and oxygen atoms in total. The summed E-state index contributed by atoms with van der Waals surface area (Å²) in [5.74, 6) is 0. The van der Waals surface area contributed by atoms with Gasteiger partial charge in [-0.15, -0.1) is 5.10 Å². The van der Waals surface area contributed by atoms with E-state index in [2.05, 4.69) is 15.3 Å². The first-order valence-corrected chi connectivity index (χ1v) is 5.97. The summed E-state index contributed by atoms with van der Waals surface area (Å²) in [5, 5.41) is 8.79. The molecule has 0 spiro atoms. The molecule has 94 valence electrons. The molecule has 3 rings (SSSR count). The van der Waals surface area contributed by atoms with Crippen molar-refractivity contribution < 1.29 is 4.79 Å². The first kappa shape index (κ1) is 11.5. The second-order valence-electron chi connectivity index (χ2n) is 4.40. The minimum atomic E-state index is 0.343. The van der Waals surface area contributed by atoms with Gasteiger partial charge in [0.15, 0.2) is 6.29 Å². The molecule has 3 aromatic rings. The van der Waals surface area contributed by atoms with Gasteiger partial charge in [0.2, 0.25) is 0 Å². The van der Waals surface area contributed by atoms with E-state index in [1.165, 1.54) is 0 Å². The number of aryl methyl sites for hydroxylation is 1. The molecule has 19 heavy (non-hydrogen) atoms. The molecule has 5 heteroatoms. The van der Waals surface area contributed by atoms with E-state index >= 15 is 0 Å². The number of aromatic nitrogens is 4. The molecule has 0 radical (unpaired) electrons. The van der Waals surface area contributed by atoms with E-state index in [0.717, 1.165) is 22.2 Å². The van der Waals surface area contributed by atoms with E-state index in [1.54, 1.807) is 10.9 Å². The van der Waals surface area contributed by atoms with E-state index in [0.29, 0.717) is 18.5 Å². The molecule has 2 aromatic heterocycles. The largest absolute Gasteiger partial charge is 0.296 e. The van der Waals surface area contributed by atoms with Crippen LogP contribution in [0.15, 0.2) is 36.5 Å². The van der Waals surface area contributed by atoms with Crippen LogP contribution in [0.25, 0.3) is 10.9 Å². The van der Waals surface area contributed by atoms with Crippen LogP contribution in [0.5, 0.6) is 0 Å². The average Bonchev–Trinajstić information content (AvgIpc) is 2.86. The fourth-order valence-electron chi connectivity index (χ4n) is 2.14. The zero-order chi connectivity index (χ0) is 13.2. The second kappa shape index (κ2) is 4.61.